The minimum atomic E-state index is -1.58. The van der Waals surface area contributed by atoms with Crippen LogP contribution in [-0.2, 0) is 9.53 Å². The summed E-state index contributed by atoms with van der Waals surface area (Å²) in [7, 11) is 0. The van der Waals surface area contributed by atoms with E-state index in [9.17, 15) is 15.0 Å². The van der Waals surface area contributed by atoms with E-state index >= 15 is 0 Å². The second-order valence-corrected chi connectivity index (χ2v) is 7.09. The van der Waals surface area contributed by atoms with Crippen molar-refractivity contribution in [1.29, 1.82) is 5.26 Å². The number of nitriles is 1. The highest BCUT2D eigenvalue weighted by atomic mass is 16.6. The number of nitrogen functional groups attached to an aromatic ring is 1. The van der Waals surface area contributed by atoms with Crippen LogP contribution < -0.4 is 22.3 Å². The maximum atomic E-state index is 10.1. The van der Waals surface area contributed by atoms with Gasteiger partial charge in [-0.25, -0.2) is 9.97 Å². The number of primary amides is 1. The number of fused-ring (bicyclic) bond motifs is 1. The fraction of sp³-hybridized carbons (Fsp3) is 0.471. The van der Waals surface area contributed by atoms with Gasteiger partial charge in [-0.15, -0.1) is 0 Å². The number of hydrogen-bond donors (Lipinski definition) is 7. The highest BCUT2D eigenvalue weighted by Gasteiger charge is 2.44. The first-order valence-electron chi connectivity index (χ1n) is 8.88. The Kier molecular flexibility index (Phi) is 8.82. The number of aliphatic hydroxyl groups is 3. The molecule has 15 heteroatoms. The zero-order chi connectivity index (χ0) is 24.8. The van der Waals surface area contributed by atoms with Crippen LogP contribution in [0.3, 0.4) is 0 Å². The lowest BCUT2D eigenvalue weighted by molar-refractivity contribution is -0.245. The van der Waals surface area contributed by atoms with Gasteiger partial charge in [0.05, 0.1) is 17.6 Å². The minimum absolute atomic E-state index is 0.141. The maximum Gasteiger partial charge on any atom is 0.323 e. The number of carbonyl (C=O) groups excluding carboxylic acids is 1. The molecule has 0 bridgehead atoms. The normalized spacial score (nSPS) is 22.2. The highest BCUT2D eigenvalue weighted by Crippen LogP contribution is 2.34. The van der Waals surface area contributed by atoms with E-state index in [-0.39, 0.29) is 11.4 Å². The van der Waals surface area contributed by atoms with Crippen LogP contribution in [0.25, 0.3) is 11.0 Å². The molecule has 15 nitrogen and oxygen atoms in total. The molecule has 1 amide bonds. The van der Waals surface area contributed by atoms with Crippen molar-refractivity contribution < 1.29 is 39.9 Å². The van der Waals surface area contributed by atoms with Crippen LogP contribution in [0.1, 0.15) is 25.6 Å². The molecule has 0 aromatic carbocycles. The van der Waals surface area contributed by atoms with Gasteiger partial charge in [-0.3, -0.25) is 4.79 Å². The molecule has 0 radical (unpaired) electrons. The number of aromatic nitrogens is 3. The zero-order valence-corrected chi connectivity index (χ0v) is 17.1. The molecule has 0 aliphatic carbocycles. The molecule has 3 rings (SSSR count). The summed E-state index contributed by atoms with van der Waals surface area (Å²) in [5.41, 5.74) is 14.2. The van der Waals surface area contributed by atoms with Crippen LogP contribution in [-0.4, -0.2) is 77.5 Å². The number of rotatable bonds is 3. The topological polar surface area (TPSA) is 280 Å². The lowest BCUT2D eigenvalue weighted by Crippen LogP contribution is -2.41. The molecule has 1 fully saturated rings. The average Bonchev–Trinajstić information content (AvgIpc) is 3.20. The van der Waals surface area contributed by atoms with Crippen molar-refractivity contribution in [3.8, 4) is 6.07 Å². The minimum Gasteiger partial charge on any atom is -0.530 e. The summed E-state index contributed by atoms with van der Waals surface area (Å²) >= 11 is 0. The number of anilines is 1. The lowest BCUT2D eigenvalue weighted by Gasteiger charge is -2.17. The van der Waals surface area contributed by atoms with Crippen LogP contribution in [0.2, 0.25) is 0 Å². The molecule has 3 heterocycles. The number of carbonyl (C=O) groups is 2. The zero-order valence-electron chi connectivity index (χ0n) is 17.1. The number of amides is 1. The van der Waals surface area contributed by atoms with Gasteiger partial charge in [0, 0.05) is 6.20 Å². The summed E-state index contributed by atoms with van der Waals surface area (Å²) in [5, 5.41) is 55.3. The third-order valence-electron chi connectivity index (χ3n) is 4.10. The number of aliphatic hydroxyl groups excluding tert-OH is 3. The van der Waals surface area contributed by atoms with Gasteiger partial charge in [-0.05, 0) is 13.8 Å². The summed E-state index contributed by atoms with van der Waals surface area (Å²) < 4.78 is 6.84. The van der Waals surface area contributed by atoms with E-state index in [1.165, 1.54) is 30.9 Å². The second kappa shape index (κ2) is 10.7. The monoisotopic (exact) mass is 454 g/mol. The van der Waals surface area contributed by atoms with E-state index in [0.29, 0.717) is 11.0 Å². The van der Waals surface area contributed by atoms with Crippen LogP contribution in [0.5, 0.6) is 0 Å². The van der Waals surface area contributed by atoms with E-state index in [0.717, 1.165) is 0 Å². The Hall–Kier alpha value is -3.55. The molecule has 32 heavy (non-hydrogen) atoms. The smallest absolute Gasteiger partial charge is 0.323 e. The Labute approximate surface area is 181 Å². The average molecular weight is 454 g/mol. The Morgan fingerprint density at radius 1 is 1.34 bits per heavy atom. The van der Waals surface area contributed by atoms with E-state index in [4.69, 9.17) is 41.6 Å². The molecular formula is C17H24N7O8-. The van der Waals surface area contributed by atoms with E-state index in [1.807, 2.05) is 6.07 Å². The van der Waals surface area contributed by atoms with E-state index in [2.05, 4.69) is 15.7 Å². The molecule has 1 aliphatic rings. The van der Waals surface area contributed by atoms with Gasteiger partial charge >= 0.3 is 5.97 Å². The van der Waals surface area contributed by atoms with Crippen molar-refractivity contribution in [2.45, 2.75) is 43.9 Å². The molecule has 1 saturated heterocycles. The van der Waals surface area contributed by atoms with Gasteiger partial charge in [0.2, 0.25) is 0 Å². The lowest BCUT2D eigenvalue weighted by atomic mass is 10.1. The Morgan fingerprint density at radius 3 is 2.28 bits per heavy atom. The third-order valence-corrected chi connectivity index (χ3v) is 4.10. The summed E-state index contributed by atoms with van der Waals surface area (Å²) in [4.78, 5) is 26.4. The highest BCUT2D eigenvalue weighted by molar-refractivity contribution is 5.92. The van der Waals surface area contributed by atoms with E-state index in [1.54, 1.807) is 0 Å². The van der Waals surface area contributed by atoms with Gasteiger partial charge in [-0.1, -0.05) is 0 Å². The molecule has 10 N–H and O–H groups in total. The number of carboxylic acid groups (broad SMARTS) is 2. The molecule has 2 aromatic heterocycles. The Balaban J connectivity index is 0.000000390. The Bertz CT molecular complexity index is 993. The van der Waals surface area contributed by atoms with Gasteiger partial charge in [0.25, 0.3) is 0 Å². The number of nitrogens with two attached hydrogens (primary N) is 3. The summed E-state index contributed by atoms with van der Waals surface area (Å²) in [6.45, 7) is 2.45. The second-order valence-electron chi connectivity index (χ2n) is 7.09. The van der Waals surface area contributed by atoms with Crippen molar-refractivity contribution in [3.05, 3.63) is 18.1 Å². The molecule has 176 valence electrons. The quantitative estimate of drug-likeness (QED) is 0.238. The fourth-order valence-corrected chi connectivity index (χ4v) is 2.50. The van der Waals surface area contributed by atoms with Crippen molar-refractivity contribution in [2.75, 3.05) is 12.3 Å². The molecule has 0 spiro atoms. The predicted octanol–water partition coefficient (Wildman–Crippen LogP) is -3.41. The third kappa shape index (κ3) is 6.23. The molecule has 0 saturated carbocycles. The molecule has 0 unspecified atom stereocenters. The number of aliphatic carboxylic acids is 1. The van der Waals surface area contributed by atoms with Gasteiger partial charge in [0.15, 0.2) is 6.23 Å². The fourth-order valence-electron chi connectivity index (χ4n) is 2.50. The molecule has 4 atom stereocenters. The molecule has 2 aromatic rings. The van der Waals surface area contributed by atoms with Crippen LogP contribution in [0, 0.1) is 11.3 Å². The standard InChI is InChI=1S/C12H13N5O4.C4H9NO2.CH3NO2/c13-1-5-2-17(11-7(5)10(14)15-4-16-11)12-9(20)8(19)6(3-18)21-12;1-4(2,5)3(6)7;2-1(3)4/h2,4,6,8-9,12,18-20H,3H2,(H2,14,15,16);5H2,1-2H3,(H,6,7);2H2,(H,3,4)/p-1/t6-,8-,9-,12-;;/m1../s1. The summed E-state index contributed by atoms with van der Waals surface area (Å²) in [5.74, 6) is -0.838. The van der Waals surface area contributed by atoms with Crippen molar-refractivity contribution >= 4 is 28.9 Å². The SMILES string of the molecule is CC(C)(N)C(=O)O.N#Cc1cn([C@@H]2O[C@H](CO)[C@@H](O)[C@H]2O)c2ncnc(N)c12.NC(=O)[O-]. The van der Waals surface area contributed by atoms with E-state index < -0.39 is 48.7 Å². The number of ether oxygens (including phenoxy) is 1. The molecule has 1 aliphatic heterocycles. The first-order chi connectivity index (χ1) is 14.8. The van der Waals surface area contributed by atoms with Crippen molar-refractivity contribution in [1.82, 2.24) is 14.5 Å². The summed E-state index contributed by atoms with van der Waals surface area (Å²) in [6.07, 6.45) is -3.31. The number of carboxylic acids is 1. The van der Waals surface area contributed by atoms with Crippen LogP contribution in [0.4, 0.5) is 10.6 Å². The van der Waals surface area contributed by atoms with Crippen LogP contribution in [0.15, 0.2) is 12.5 Å². The van der Waals surface area contributed by atoms with Crippen molar-refractivity contribution in [2.24, 2.45) is 11.5 Å². The predicted molar refractivity (Wildman–Crippen MR) is 105 cm³/mol. The Morgan fingerprint density at radius 2 is 1.88 bits per heavy atom. The number of hydrogen-bond acceptors (Lipinski definition) is 12. The van der Waals surface area contributed by atoms with Gasteiger partial charge in [0.1, 0.15) is 53.8 Å². The summed E-state index contributed by atoms with van der Waals surface area (Å²) in [6, 6.07) is 1.98. The molecular weight excluding hydrogens is 430 g/mol. The first kappa shape index (κ1) is 26.5. The maximum absolute atomic E-state index is 10.1. The van der Waals surface area contributed by atoms with Gasteiger partial charge in [-0.2, -0.15) is 5.26 Å². The van der Waals surface area contributed by atoms with Crippen LogP contribution >= 0.6 is 0 Å². The first-order valence-corrected chi connectivity index (χ1v) is 8.88. The van der Waals surface area contributed by atoms with Crippen molar-refractivity contribution in [3.63, 3.8) is 0 Å². The largest absolute Gasteiger partial charge is 0.530 e. The number of nitrogens with zero attached hydrogens (tertiary/aromatic N) is 4. The van der Waals surface area contributed by atoms with Gasteiger partial charge < -0.3 is 56.8 Å².